The molecule has 0 unspecified atom stereocenters. The number of allylic oxidation sites excluding steroid dienone is 1. The zero-order chi connectivity index (χ0) is 13.8. The maximum Gasteiger partial charge on any atom is 0.0897 e. The molecule has 0 aliphatic heterocycles. The van der Waals surface area contributed by atoms with Crippen LogP contribution in [0.25, 0.3) is 0 Å². The number of hydrogen-bond acceptors (Lipinski definition) is 4. The molecule has 0 saturated carbocycles. The Hall–Kier alpha value is -0.420. The summed E-state index contributed by atoms with van der Waals surface area (Å²) in [6, 6.07) is 0. The van der Waals surface area contributed by atoms with Gasteiger partial charge in [0, 0.05) is 13.2 Å². The zero-order valence-electron chi connectivity index (χ0n) is 12.2. The van der Waals surface area contributed by atoms with E-state index in [0.29, 0.717) is 33.0 Å². The van der Waals surface area contributed by atoms with Crippen molar-refractivity contribution >= 4 is 0 Å². The normalized spacial score (nSPS) is 17.3. The quantitative estimate of drug-likeness (QED) is 0.445. The Labute approximate surface area is 117 Å². The molecule has 4 nitrogen and oxygen atoms in total. The second kappa shape index (κ2) is 11.4. The van der Waals surface area contributed by atoms with Gasteiger partial charge in [0.15, 0.2) is 0 Å². The summed E-state index contributed by atoms with van der Waals surface area (Å²) in [5.41, 5.74) is 1.57. The standard InChI is InChI=1S/C15H29NO3/c1-2-18-10-11-19-13-15(17)12-16-9-8-14-6-4-3-5-7-14/h6,15-17H,2-5,7-13H2,1H3/t15-/m0/s1. The van der Waals surface area contributed by atoms with E-state index in [1.807, 2.05) is 6.92 Å². The first-order chi connectivity index (χ1) is 9.33. The summed E-state index contributed by atoms with van der Waals surface area (Å²) in [4.78, 5) is 0. The van der Waals surface area contributed by atoms with Gasteiger partial charge in [-0.25, -0.2) is 0 Å². The van der Waals surface area contributed by atoms with E-state index in [1.54, 1.807) is 5.57 Å². The molecule has 0 saturated heterocycles. The van der Waals surface area contributed by atoms with Crippen LogP contribution in [0.5, 0.6) is 0 Å². The third-order valence-electron chi connectivity index (χ3n) is 3.27. The predicted octanol–water partition coefficient (Wildman–Crippen LogP) is 1.88. The fourth-order valence-electron chi connectivity index (χ4n) is 2.19. The molecule has 0 aromatic carbocycles. The van der Waals surface area contributed by atoms with Crippen LogP contribution in [0, 0.1) is 0 Å². The first-order valence-electron chi connectivity index (χ1n) is 7.55. The molecule has 0 spiro atoms. The van der Waals surface area contributed by atoms with E-state index in [4.69, 9.17) is 9.47 Å². The summed E-state index contributed by atoms with van der Waals surface area (Å²) in [7, 11) is 0. The summed E-state index contributed by atoms with van der Waals surface area (Å²) in [5, 5.41) is 13.0. The Morgan fingerprint density at radius 3 is 2.89 bits per heavy atom. The number of hydrogen-bond donors (Lipinski definition) is 2. The van der Waals surface area contributed by atoms with E-state index in [1.165, 1.54) is 25.7 Å². The molecule has 4 heteroatoms. The summed E-state index contributed by atoms with van der Waals surface area (Å²) in [6.45, 7) is 5.75. The molecule has 0 fully saturated rings. The highest BCUT2D eigenvalue weighted by atomic mass is 16.5. The average Bonchev–Trinajstić information content (AvgIpc) is 2.44. The van der Waals surface area contributed by atoms with Gasteiger partial charge in [0.25, 0.3) is 0 Å². The molecular weight excluding hydrogens is 242 g/mol. The Bertz CT molecular complexity index is 244. The van der Waals surface area contributed by atoms with Crippen molar-refractivity contribution in [2.24, 2.45) is 0 Å². The van der Waals surface area contributed by atoms with Gasteiger partial charge in [0.05, 0.1) is 25.9 Å². The van der Waals surface area contributed by atoms with Gasteiger partial charge in [-0.1, -0.05) is 11.6 Å². The van der Waals surface area contributed by atoms with Crippen molar-refractivity contribution in [1.82, 2.24) is 5.32 Å². The van der Waals surface area contributed by atoms with Crippen molar-refractivity contribution in [3.05, 3.63) is 11.6 Å². The van der Waals surface area contributed by atoms with Crippen LogP contribution in [-0.4, -0.2) is 50.7 Å². The molecule has 0 amide bonds. The highest BCUT2D eigenvalue weighted by Gasteiger charge is 2.05. The largest absolute Gasteiger partial charge is 0.389 e. The van der Waals surface area contributed by atoms with Gasteiger partial charge in [-0.3, -0.25) is 0 Å². The lowest BCUT2D eigenvalue weighted by molar-refractivity contribution is 0.00659. The number of aliphatic hydroxyl groups is 1. The fourth-order valence-corrected chi connectivity index (χ4v) is 2.19. The summed E-state index contributed by atoms with van der Waals surface area (Å²) < 4.78 is 10.5. The summed E-state index contributed by atoms with van der Waals surface area (Å²) in [6.07, 6.45) is 8.23. The van der Waals surface area contributed by atoms with E-state index in [0.717, 1.165) is 13.0 Å². The minimum atomic E-state index is -0.429. The molecule has 1 aliphatic carbocycles. The molecule has 0 bridgehead atoms. The lowest BCUT2D eigenvalue weighted by atomic mass is 9.97. The molecular formula is C15H29NO3. The van der Waals surface area contributed by atoms with Crippen LogP contribution in [0.4, 0.5) is 0 Å². The summed E-state index contributed by atoms with van der Waals surface area (Å²) in [5.74, 6) is 0. The lowest BCUT2D eigenvalue weighted by Gasteiger charge is -2.15. The maximum absolute atomic E-state index is 9.70. The van der Waals surface area contributed by atoms with Gasteiger partial charge in [-0.05, 0) is 45.6 Å². The van der Waals surface area contributed by atoms with Crippen molar-refractivity contribution in [2.45, 2.75) is 45.1 Å². The third kappa shape index (κ3) is 9.16. The molecule has 19 heavy (non-hydrogen) atoms. The lowest BCUT2D eigenvalue weighted by Crippen LogP contribution is -2.31. The molecule has 0 radical (unpaired) electrons. The minimum Gasteiger partial charge on any atom is -0.389 e. The van der Waals surface area contributed by atoms with Gasteiger partial charge in [-0.15, -0.1) is 0 Å². The number of nitrogens with one attached hydrogen (secondary N) is 1. The van der Waals surface area contributed by atoms with Crippen molar-refractivity contribution < 1.29 is 14.6 Å². The number of rotatable bonds is 11. The Balaban J connectivity index is 1.89. The summed E-state index contributed by atoms with van der Waals surface area (Å²) >= 11 is 0. The molecule has 112 valence electrons. The van der Waals surface area contributed by atoms with E-state index in [-0.39, 0.29) is 0 Å². The van der Waals surface area contributed by atoms with Gasteiger partial charge in [0.2, 0.25) is 0 Å². The van der Waals surface area contributed by atoms with Gasteiger partial charge in [-0.2, -0.15) is 0 Å². The molecule has 2 N–H and O–H groups in total. The highest BCUT2D eigenvalue weighted by molar-refractivity contribution is 5.05. The van der Waals surface area contributed by atoms with Crippen LogP contribution >= 0.6 is 0 Å². The second-order valence-corrected chi connectivity index (χ2v) is 4.99. The molecule has 1 rings (SSSR count). The van der Waals surface area contributed by atoms with Crippen LogP contribution in [0.3, 0.4) is 0 Å². The predicted molar refractivity (Wildman–Crippen MR) is 77.4 cm³/mol. The SMILES string of the molecule is CCOCCOC[C@@H](O)CNCCC1=CCCCC1. The van der Waals surface area contributed by atoms with Crippen molar-refractivity contribution in [3.63, 3.8) is 0 Å². The first-order valence-corrected chi connectivity index (χ1v) is 7.55. The molecule has 0 heterocycles. The molecule has 1 atom stereocenters. The van der Waals surface area contributed by atoms with Crippen molar-refractivity contribution in [3.8, 4) is 0 Å². The van der Waals surface area contributed by atoms with Gasteiger partial charge in [0.1, 0.15) is 0 Å². The first kappa shape index (κ1) is 16.6. The van der Waals surface area contributed by atoms with Crippen LogP contribution in [0.15, 0.2) is 11.6 Å². The Morgan fingerprint density at radius 2 is 2.16 bits per heavy atom. The smallest absolute Gasteiger partial charge is 0.0897 e. The highest BCUT2D eigenvalue weighted by Crippen LogP contribution is 2.19. The second-order valence-electron chi connectivity index (χ2n) is 4.99. The van der Waals surface area contributed by atoms with E-state index in [2.05, 4.69) is 11.4 Å². The third-order valence-corrected chi connectivity index (χ3v) is 3.27. The molecule has 0 aromatic rings. The Kier molecular flexibility index (Phi) is 9.99. The van der Waals surface area contributed by atoms with Crippen molar-refractivity contribution in [2.75, 3.05) is 39.5 Å². The monoisotopic (exact) mass is 271 g/mol. The number of aliphatic hydroxyl groups excluding tert-OH is 1. The minimum absolute atomic E-state index is 0.378. The fraction of sp³-hybridized carbons (Fsp3) is 0.867. The van der Waals surface area contributed by atoms with E-state index < -0.39 is 6.10 Å². The van der Waals surface area contributed by atoms with Crippen LogP contribution < -0.4 is 5.32 Å². The maximum atomic E-state index is 9.70. The average molecular weight is 271 g/mol. The van der Waals surface area contributed by atoms with Gasteiger partial charge < -0.3 is 19.9 Å². The van der Waals surface area contributed by atoms with Crippen LogP contribution in [-0.2, 0) is 9.47 Å². The topological polar surface area (TPSA) is 50.7 Å². The van der Waals surface area contributed by atoms with Crippen LogP contribution in [0.2, 0.25) is 0 Å². The van der Waals surface area contributed by atoms with Crippen LogP contribution in [0.1, 0.15) is 39.0 Å². The Morgan fingerprint density at radius 1 is 1.32 bits per heavy atom. The van der Waals surface area contributed by atoms with Gasteiger partial charge >= 0.3 is 0 Å². The molecule has 0 aromatic heterocycles. The zero-order valence-corrected chi connectivity index (χ0v) is 12.2. The van der Waals surface area contributed by atoms with E-state index >= 15 is 0 Å². The van der Waals surface area contributed by atoms with Crippen molar-refractivity contribution in [1.29, 1.82) is 0 Å². The van der Waals surface area contributed by atoms with E-state index in [9.17, 15) is 5.11 Å². The number of ether oxygens (including phenoxy) is 2. The molecule has 1 aliphatic rings.